The van der Waals surface area contributed by atoms with Crippen LogP contribution in [0.25, 0.3) is 0 Å². The Balaban J connectivity index is 2.46. The highest BCUT2D eigenvalue weighted by Gasteiger charge is 2.15. The minimum atomic E-state index is 0.198. The molecule has 2 aromatic carbocycles. The number of benzene rings is 2. The molecule has 0 N–H and O–H groups in total. The topological polar surface area (TPSA) is 0 Å². The molecule has 0 aromatic heterocycles. The van der Waals surface area contributed by atoms with Crippen LogP contribution in [-0.2, 0) is 0 Å². The third kappa shape index (κ3) is 3.06. The second-order valence-corrected chi connectivity index (χ2v) is 7.02. The average Bonchev–Trinajstić information content (AvgIpc) is 2.33. The maximum absolute atomic E-state index is 3.79. The molecule has 1 unspecified atom stereocenters. The lowest BCUT2D eigenvalue weighted by Crippen LogP contribution is -1.95. The van der Waals surface area contributed by atoms with E-state index in [-0.39, 0.29) is 4.83 Å². The van der Waals surface area contributed by atoms with Crippen LogP contribution in [0.2, 0.25) is 0 Å². The van der Waals surface area contributed by atoms with Crippen LogP contribution in [0.15, 0.2) is 45.3 Å². The predicted octanol–water partition coefficient (Wildman–Crippen LogP) is 6.31. The Morgan fingerprint density at radius 1 is 0.944 bits per heavy atom. The lowest BCUT2D eigenvalue weighted by atomic mass is 10.0. The molecule has 2 rings (SSSR count). The molecule has 0 fully saturated rings. The molecule has 3 heteroatoms. The van der Waals surface area contributed by atoms with E-state index in [0.717, 1.165) is 8.95 Å². The van der Waals surface area contributed by atoms with Crippen molar-refractivity contribution in [2.75, 3.05) is 0 Å². The van der Waals surface area contributed by atoms with Crippen LogP contribution >= 0.6 is 47.8 Å². The third-order valence-corrected chi connectivity index (χ3v) is 5.45. The van der Waals surface area contributed by atoms with Gasteiger partial charge in [0, 0.05) is 8.95 Å². The van der Waals surface area contributed by atoms with E-state index >= 15 is 0 Å². The molecular formula is C15H13Br3. The first-order valence-electron chi connectivity index (χ1n) is 5.65. The van der Waals surface area contributed by atoms with Crippen molar-refractivity contribution in [3.05, 3.63) is 67.6 Å². The van der Waals surface area contributed by atoms with E-state index in [4.69, 9.17) is 0 Å². The smallest absolute Gasteiger partial charge is 0.0656 e. The molecular weight excluding hydrogens is 420 g/mol. The fourth-order valence-corrected chi connectivity index (χ4v) is 3.88. The maximum Gasteiger partial charge on any atom is 0.0656 e. The first-order valence-corrected chi connectivity index (χ1v) is 8.15. The lowest BCUT2D eigenvalue weighted by Gasteiger charge is -2.15. The van der Waals surface area contributed by atoms with Crippen molar-refractivity contribution in [1.29, 1.82) is 0 Å². The van der Waals surface area contributed by atoms with Crippen molar-refractivity contribution in [3.63, 3.8) is 0 Å². The summed E-state index contributed by atoms with van der Waals surface area (Å²) >= 11 is 11.0. The van der Waals surface area contributed by atoms with Crippen LogP contribution in [0.1, 0.15) is 27.1 Å². The van der Waals surface area contributed by atoms with Gasteiger partial charge in [-0.2, -0.15) is 0 Å². The van der Waals surface area contributed by atoms with Gasteiger partial charge in [-0.15, -0.1) is 0 Å². The Kier molecular flexibility index (Phi) is 4.68. The first-order chi connectivity index (χ1) is 8.49. The van der Waals surface area contributed by atoms with Gasteiger partial charge >= 0.3 is 0 Å². The minimum absolute atomic E-state index is 0.198. The number of halogens is 3. The number of alkyl halides is 1. The van der Waals surface area contributed by atoms with Gasteiger partial charge in [-0.3, -0.25) is 0 Å². The molecule has 0 heterocycles. The average molecular weight is 433 g/mol. The molecule has 0 saturated carbocycles. The Hall–Kier alpha value is -0.120. The highest BCUT2D eigenvalue weighted by atomic mass is 79.9. The molecule has 18 heavy (non-hydrogen) atoms. The van der Waals surface area contributed by atoms with E-state index in [0.29, 0.717) is 0 Å². The van der Waals surface area contributed by atoms with Crippen molar-refractivity contribution >= 4 is 47.8 Å². The van der Waals surface area contributed by atoms with Gasteiger partial charge in [-0.05, 0) is 42.7 Å². The summed E-state index contributed by atoms with van der Waals surface area (Å²) in [6.45, 7) is 4.21. The van der Waals surface area contributed by atoms with Crippen molar-refractivity contribution in [2.24, 2.45) is 0 Å². The van der Waals surface area contributed by atoms with Crippen molar-refractivity contribution in [3.8, 4) is 0 Å². The molecule has 0 aliphatic carbocycles. The van der Waals surface area contributed by atoms with Gasteiger partial charge in [0.15, 0.2) is 0 Å². The molecule has 1 atom stereocenters. The third-order valence-electron chi connectivity index (χ3n) is 2.89. The summed E-state index contributed by atoms with van der Waals surface area (Å²) in [4.78, 5) is 0.198. The highest BCUT2D eigenvalue weighted by Crippen LogP contribution is 2.38. The van der Waals surface area contributed by atoms with Gasteiger partial charge in [0.2, 0.25) is 0 Å². The molecule has 0 radical (unpaired) electrons. The van der Waals surface area contributed by atoms with Gasteiger partial charge in [0.25, 0.3) is 0 Å². The number of aryl methyl sites for hydroxylation is 2. The second kappa shape index (κ2) is 5.89. The van der Waals surface area contributed by atoms with E-state index in [1.165, 1.54) is 22.3 Å². The second-order valence-electron chi connectivity index (χ2n) is 4.40. The molecule has 2 aromatic rings. The first kappa shape index (κ1) is 14.3. The van der Waals surface area contributed by atoms with Crippen LogP contribution in [0.4, 0.5) is 0 Å². The van der Waals surface area contributed by atoms with E-state index in [1.54, 1.807) is 0 Å². The molecule has 0 aliphatic heterocycles. The molecule has 0 aliphatic rings. The molecule has 0 amide bonds. The summed E-state index contributed by atoms with van der Waals surface area (Å²) in [7, 11) is 0. The molecule has 0 spiro atoms. The van der Waals surface area contributed by atoms with Crippen LogP contribution in [0, 0.1) is 13.8 Å². The van der Waals surface area contributed by atoms with Gasteiger partial charge in [0.1, 0.15) is 0 Å². The minimum Gasteiger partial charge on any atom is -0.0786 e. The van der Waals surface area contributed by atoms with Crippen LogP contribution < -0.4 is 0 Å². The van der Waals surface area contributed by atoms with E-state index in [9.17, 15) is 0 Å². The quantitative estimate of drug-likeness (QED) is 0.487. The molecule has 0 bridgehead atoms. The maximum atomic E-state index is 3.79. The lowest BCUT2D eigenvalue weighted by molar-refractivity contribution is 1.14. The monoisotopic (exact) mass is 430 g/mol. The van der Waals surface area contributed by atoms with Crippen molar-refractivity contribution in [1.82, 2.24) is 0 Å². The van der Waals surface area contributed by atoms with Crippen molar-refractivity contribution in [2.45, 2.75) is 18.7 Å². The summed E-state index contributed by atoms with van der Waals surface area (Å²) in [6, 6.07) is 12.9. The van der Waals surface area contributed by atoms with Crippen LogP contribution in [0.5, 0.6) is 0 Å². The van der Waals surface area contributed by atoms with Gasteiger partial charge in [-0.1, -0.05) is 77.6 Å². The molecule has 94 valence electrons. The summed E-state index contributed by atoms with van der Waals surface area (Å²) in [5, 5.41) is 0. The summed E-state index contributed by atoms with van der Waals surface area (Å²) in [6.07, 6.45) is 0. The summed E-state index contributed by atoms with van der Waals surface area (Å²) in [5.41, 5.74) is 5.01. The largest absolute Gasteiger partial charge is 0.0786 e. The number of hydrogen-bond acceptors (Lipinski definition) is 0. The SMILES string of the molecule is Cc1cccc(C(Br)c2cc(Br)c(C)cc2Br)c1. The number of hydrogen-bond donors (Lipinski definition) is 0. The predicted molar refractivity (Wildman–Crippen MR) is 88.5 cm³/mol. The van der Waals surface area contributed by atoms with Crippen LogP contribution in [-0.4, -0.2) is 0 Å². The van der Waals surface area contributed by atoms with E-state index < -0.39 is 0 Å². The Bertz CT molecular complexity index is 576. The van der Waals surface area contributed by atoms with Gasteiger partial charge in [0.05, 0.1) is 4.83 Å². The fraction of sp³-hybridized carbons (Fsp3) is 0.200. The zero-order valence-electron chi connectivity index (χ0n) is 10.2. The molecule has 0 nitrogen and oxygen atoms in total. The number of rotatable bonds is 2. The molecule has 0 saturated heterocycles. The fourth-order valence-electron chi connectivity index (χ4n) is 1.86. The van der Waals surface area contributed by atoms with E-state index in [1.807, 2.05) is 0 Å². The van der Waals surface area contributed by atoms with Gasteiger partial charge < -0.3 is 0 Å². The van der Waals surface area contributed by atoms with Crippen molar-refractivity contribution < 1.29 is 0 Å². The Morgan fingerprint density at radius 3 is 2.33 bits per heavy atom. The zero-order valence-corrected chi connectivity index (χ0v) is 14.9. The summed E-state index contributed by atoms with van der Waals surface area (Å²) in [5.74, 6) is 0. The highest BCUT2D eigenvalue weighted by molar-refractivity contribution is 9.11. The van der Waals surface area contributed by atoms with Crippen LogP contribution in [0.3, 0.4) is 0 Å². The van der Waals surface area contributed by atoms with E-state index in [2.05, 4.69) is 98.0 Å². The Labute approximate surface area is 133 Å². The summed E-state index contributed by atoms with van der Waals surface area (Å²) < 4.78 is 2.27. The van der Waals surface area contributed by atoms with Gasteiger partial charge in [-0.25, -0.2) is 0 Å². The Morgan fingerprint density at radius 2 is 1.67 bits per heavy atom. The standard InChI is InChI=1S/C15H13Br3/c1-9-4-3-5-11(6-9)15(18)12-8-13(16)10(2)7-14(12)17/h3-8,15H,1-2H3. The zero-order chi connectivity index (χ0) is 13.3. The normalized spacial score (nSPS) is 12.5.